The number of benzene rings is 2. The summed E-state index contributed by atoms with van der Waals surface area (Å²) in [6.45, 7) is 1.91. The van der Waals surface area contributed by atoms with E-state index in [-0.39, 0.29) is 5.78 Å². The number of rotatable bonds is 3. The number of halogens is 1. The average Bonchev–Trinajstić information content (AvgIpc) is 2.35. The van der Waals surface area contributed by atoms with Crippen LogP contribution in [0.4, 0.5) is 5.69 Å². The smallest absolute Gasteiger partial charge is 0.167 e. The summed E-state index contributed by atoms with van der Waals surface area (Å²) < 4.78 is 1.17. The minimum atomic E-state index is 0.124. The van der Waals surface area contributed by atoms with Gasteiger partial charge in [-0.1, -0.05) is 12.1 Å². The van der Waals surface area contributed by atoms with Crippen LogP contribution in [-0.2, 0) is 6.42 Å². The molecule has 0 atom stereocenters. The zero-order valence-corrected chi connectivity index (χ0v) is 12.3. The van der Waals surface area contributed by atoms with Gasteiger partial charge in [0.25, 0.3) is 0 Å². The molecule has 0 radical (unpaired) electrons. The van der Waals surface area contributed by atoms with Crippen molar-refractivity contribution in [3.8, 4) is 0 Å². The predicted octanol–water partition coefficient (Wildman–Crippen LogP) is 3.61. The Morgan fingerprint density at radius 1 is 1.17 bits per heavy atom. The maximum atomic E-state index is 12.1. The number of carbonyl (C=O) groups excluding carboxylic acids is 1. The summed E-state index contributed by atoms with van der Waals surface area (Å²) in [7, 11) is 0. The van der Waals surface area contributed by atoms with Crippen LogP contribution in [-0.4, -0.2) is 5.78 Å². The van der Waals surface area contributed by atoms with Crippen molar-refractivity contribution in [1.29, 1.82) is 0 Å². The molecule has 0 spiro atoms. The summed E-state index contributed by atoms with van der Waals surface area (Å²) >= 11 is 2.25. The molecule has 3 heteroatoms. The molecule has 2 nitrogen and oxygen atoms in total. The van der Waals surface area contributed by atoms with E-state index in [1.165, 1.54) is 3.57 Å². The molecule has 2 aromatic rings. The molecule has 2 rings (SSSR count). The highest BCUT2D eigenvalue weighted by Crippen LogP contribution is 2.15. The van der Waals surface area contributed by atoms with Gasteiger partial charge in [0, 0.05) is 21.2 Å². The fourth-order valence-electron chi connectivity index (χ4n) is 1.74. The van der Waals surface area contributed by atoms with Gasteiger partial charge in [0.1, 0.15) is 0 Å². The minimum Gasteiger partial charge on any atom is -0.399 e. The van der Waals surface area contributed by atoms with Gasteiger partial charge in [-0.2, -0.15) is 0 Å². The Kier molecular flexibility index (Phi) is 4.01. The fourth-order valence-corrected chi connectivity index (χ4v) is 2.10. The van der Waals surface area contributed by atoms with Crippen LogP contribution in [0.1, 0.15) is 21.5 Å². The van der Waals surface area contributed by atoms with Gasteiger partial charge in [-0.05, 0) is 71.0 Å². The highest BCUT2D eigenvalue weighted by Gasteiger charge is 2.08. The van der Waals surface area contributed by atoms with E-state index in [4.69, 9.17) is 5.73 Å². The first-order valence-corrected chi connectivity index (χ1v) is 6.78. The average molecular weight is 351 g/mol. The molecule has 0 heterocycles. The molecule has 0 amide bonds. The molecular weight excluding hydrogens is 337 g/mol. The summed E-state index contributed by atoms with van der Waals surface area (Å²) in [5.74, 6) is 0.124. The number of ketones is 1. The molecule has 0 aromatic heterocycles. The number of nitrogens with two attached hydrogens (primary N) is 1. The molecule has 0 aliphatic carbocycles. The first-order valence-electron chi connectivity index (χ1n) is 5.70. The van der Waals surface area contributed by atoms with Crippen molar-refractivity contribution < 1.29 is 4.79 Å². The van der Waals surface area contributed by atoms with E-state index in [0.29, 0.717) is 6.42 Å². The van der Waals surface area contributed by atoms with Crippen molar-refractivity contribution in [2.75, 3.05) is 5.73 Å². The molecule has 0 bridgehead atoms. The second-order valence-electron chi connectivity index (χ2n) is 4.30. The second-order valence-corrected chi connectivity index (χ2v) is 5.54. The van der Waals surface area contributed by atoms with E-state index >= 15 is 0 Å². The Bertz CT molecular complexity index is 576. The van der Waals surface area contributed by atoms with E-state index < -0.39 is 0 Å². The van der Waals surface area contributed by atoms with Crippen LogP contribution < -0.4 is 5.73 Å². The largest absolute Gasteiger partial charge is 0.399 e. The highest BCUT2D eigenvalue weighted by molar-refractivity contribution is 14.1. The third-order valence-electron chi connectivity index (χ3n) is 2.87. The van der Waals surface area contributed by atoms with Crippen LogP contribution in [0.15, 0.2) is 42.5 Å². The van der Waals surface area contributed by atoms with Crippen molar-refractivity contribution in [3.05, 3.63) is 62.7 Å². The maximum absolute atomic E-state index is 12.1. The summed E-state index contributed by atoms with van der Waals surface area (Å²) in [4.78, 5) is 12.1. The summed E-state index contributed by atoms with van der Waals surface area (Å²) in [5, 5.41) is 0. The van der Waals surface area contributed by atoms with E-state index in [0.717, 1.165) is 22.4 Å². The minimum absolute atomic E-state index is 0.124. The fraction of sp³-hybridized carbons (Fsp3) is 0.133. The first kappa shape index (κ1) is 13.1. The summed E-state index contributed by atoms with van der Waals surface area (Å²) in [6.07, 6.45) is 0.431. The third-order valence-corrected chi connectivity index (χ3v) is 3.59. The molecule has 0 aliphatic heterocycles. The molecular formula is C15H14INO. The molecule has 0 saturated carbocycles. The highest BCUT2D eigenvalue weighted by atomic mass is 127. The van der Waals surface area contributed by atoms with E-state index in [1.807, 2.05) is 37.3 Å². The van der Waals surface area contributed by atoms with Crippen molar-refractivity contribution in [3.63, 3.8) is 0 Å². The monoisotopic (exact) mass is 351 g/mol. The lowest BCUT2D eigenvalue weighted by molar-refractivity contribution is 0.0993. The van der Waals surface area contributed by atoms with Crippen molar-refractivity contribution in [1.82, 2.24) is 0 Å². The van der Waals surface area contributed by atoms with Crippen molar-refractivity contribution in [2.24, 2.45) is 0 Å². The van der Waals surface area contributed by atoms with Gasteiger partial charge < -0.3 is 5.73 Å². The Morgan fingerprint density at radius 3 is 2.44 bits per heavy atom. The normalized spacial score (nSPS) is 10.3. The van der Waals surface area contributed by atoms with Gasteiger partial charge in [-0.25, -0.2) is 0 Å². The van der Waals surface area contributed by atoms with Crippen molar-refractivity contribution in [2.45, 2.75) is 13.3 Å². The zero-order chi connectivity index (χ0) is 13.1. The van der Waals surface area contributed by atoms with E-state index in [1.54, 1.807) is 12.1 Å². The van der Waals surface area contributed by atoms with Gasteiger partial charge >= 0.3 is 0 Å². The first-order chi connectivity index (χ1) is 8.56. The Morgan fingerprint density at radius 2 is 1.83 bits per heavy atom. The summed E-state index contributed by atoms with van der Waals surface area (Å²) in [5.41, 5.74) is 9.18. The van der Waals surface area contributed by atoms with Crippen LogP contribution in [0.3, 0.4) is 0 Å². The molecule has 0 unspecified atom stereocenters. The Labute approximate surface area is 120 Å². The van der Waals surface area contributed by atoms with Crippen molar-refractivity contribution >= 4 is 34.1 Å². The van der Waals surface area contributed by atoms with Crippen LogP contribution >= 0.6 is 22.6 Å². The Hall–Kier alpha value is -1.36. The zero-order valence-electron chi connectivity index (χ0n) is 10.1. The third kappa shape index (κ3) is 3.10. The lowest BCUT2D eigenvalue weighted by Gasteiger charge is -2.05. The number of Topliss-reactive ketones (excluding diaryl/α,β-unsaturated/α-hetero) is 1. The maximum Gasteiger partial charge on any atom is 0.167 e. The lowest BCUT2D eigenvalue weighted by Crippen LogP contribution is -2.04. The van der Waals surface area contributed by atoms with Gasteiger partial charge in [0.2, 0.25) is 0 Å². The standard InChI is InChI=1S/C15H14INO/c1-10-8-12(4-7-14(10)17)15(18)9-11-2-5-13(16)6-3-11/h2-8H,9,17H2,1H3. The van der Waals surface area contributed by atoms with Gasteiger partial charge in [0.15, 0.2) is 5.78 Å². The topological polar surface area (TPSA) is 43.1 Å². The molecule has 0 fully saturated rings. The van der Waals surface area contributed by atoms with Gasteiger partial charge in [-0.3, -0.25) is 4.79 Å². The summed E-state index contributed by atoms with van der Waals surface area (Å²) in [6, 6.07) is 13.4. The molecule has 0 aliphatic rings. The molecule has 92 valence electrons. The number of hydrogen-bond acceptors (Lipinski definition) is 2. The number of anilines is 1. The van der Waals surface area contributed by atoms with E-state index in [9.17, 15) is 4.79 Å². The molecule has 0 saturated heterocycles. The predicted molar refractivity (Wildman–Crippen MR) is 82.8 cm³/mol. The number of aryl methyl sites for hydroxylation is 1. The quantitative estimate of drug-likeness (QED) is 0.522. The molecule has 18 heavy (non-hydrogen) atoms. The molecule has 2 aromatic carbocycles. The number of nitrogen functional groups attached to an aromatic ring is 1. The van der Waals surface area contributed by atoms with Crippen LogP contribution in [0.25, 0.3) is 0 Å². The SMILES string of the molecule is Cc1cc(C(=O)Cc2ccc(I)cc2)ccc1N. The van der Waals surface area contributed by atoms with E-state index in [2.05, 4.69) is 22.6 Å². The van der Waals surface area contributed by atoms with Gasteiger partial charge in [-0.15, -0.1) is 0 Å². The van der Waals surface area contributed by atoms with Crippen LogP contribution in [0.5, 0.6) is 0 Å². The van der Waals surface area contributed by atoms with Crippen LogP contribution in [0, 0.1) is 10.5 Å². The van der Waals surface area contributed by atoms with Crippen LogP contribution in [0.2, 0.25) is 0 Å². The van der Waals surface area contributed by atoms with Gasteiger partial charge in [0.05, 0.1) is 0 Å². The number of hydrogen-bond donors (Lipinski definition) is 1. The number of carbonyl (C=O) groups is 1. The second kappa shape index (κ2) is 5.52. The Balaban J connectivity index is 2.16. The molecule has 2 N–H and O–H groups in total. The lowest BCUT2D eigenvalue weighted by atomic mass is 10.0.